The van der Waals surface area contributed by atoms with Crippen LogP contribution in [-0.4, -0.2) is 221 Å². The first-order chi connectivity index (χ1) is 34.1. The van der Waals surface area contributed by atoms with E-state index in [1.165, 1.54) is 0 Å². The van der Waals surface area contributed by atoms with Gasteiger partial charge in [-0.2, -0.15) is 0 Å². The van der Waals surface area contributed by atoms with Gasteiger partial charge in [-0.15, -0.1) is 0 Å². The molecule has 8 fully saturated rings. The molecular formula is C52H88O21. The topological polar surface area (TPSA) is 337 Å². The number of hydrogen-bond donors (Lipinski definition) is 13. The van der Waals surface area contributed by atoms with E-state index < -0.39 is 141 Å². The van der Waals surface area contributed by atoms with Gasteiger partial charge < -0.3 is 104 Å². The molecule has 0 radical (unpaired) electrons. The third-order valence-corrected chi connectivity index (χ3v) is 20.1. The maximum atomic E-state index is 12.7. The molecule has 0 spiro atoms. The van der Waals surface area contributed by atoms with Crippen molar-refractivity contribution < 1.29 is 104 Å². The van der Waals surface area contributed by atoms with E-state index in [4.69, 9.17) is 37.9 Å². The Morgan fingerprint density at radius 3 is 1.88 bits per heavy atom. The molecule has 28 atom stereocenters. The number of aliphatic hydroxyl groups excluding tert-OH is 13. The van der Waals surface area contributed by atoms with Crippen molar-refractivity contribution in [2.75, 3.05) is 26.4 Å². The third-order valence-electron chi connectivity index (χ3n) is 20.1. The normalized spacial score (nSPS) is 52.8. The molecule has 73 heavy (non-hydrogen) atoms. The fraction of sp³-hybridized carbons (Fsp3) is 0.962. The van der Waals surface area contributed by atoms with E-state index in [0.717, 1.165) is 31.3 Å². The molecule has 28 unspecified atom stereocenters. The monoisotopic (exact) mass is 1050 g/mol. The molecular weight excluding hydrogens is 961 g/mol. The third kappa shape index (κ3) is 10.3. The zero-order valence-corrected chi connectivity index (χ0v) is 43.7. The van der Waals surface area contributed by atoms with Crippen LogP contribution in [0.5, 0.6) is 0 Å². The lowest BCUT2D eigenvalue weighted by atomic mass is 9.35. The summed E-state index contributed by atoms with van der Waals surface area (Å²) < 4.78 is 47.9. The van der Waals surface area contributed by atoms with Crippen LogP contribution >= 0.6 is 0 Å². The molecule has 13 N–H and O–H groups in total. The molecule has 4 saturated heterocycles. The Morgan fingerprint density at radius 1 is 0.603 bits per heavy atom. The molecule has 21 heteroatoms. The fourth-order valence-corrected chi connectivity index (χ4v) is 15.7. The molecule has 0 aromatic rings. The lowest BCUT2D eigenvalue weighted by Crippen LogP contribution is -2.67. The quantitative estimate of drug-likeness (QED) is 0.0739. The van der Waals surface area contributed by atoms with Crippen molar-refractivity contribution in [1.82, 2.24) is 0 Å². The highest BCUT2D eigenvalue weighted by Crippen LogP contribution is 2.76. The van der Waals surface area contributed by atoms with Gasteiger partial charge in [-0.25, -0.2) is 0 Å². The van der Waals surface area contributed by atoms with Crippen molar-refractivity contribution >= 4 is 0 Å². The van der Waals surface area contributed by atoms with Gasteiger partial charge in [0.05, 0.1) is 44.2 Å². The Labute approximate surface area is 428 Å². The molecule has 0 bridgehead atoms. The summed E-state index contributed by atoms with van der Waals surface area (Å²) in [5.74, 6) is -0.186. The Hall–Kier alpha value is -1.10. The second-order valence-electron chi connectivity index (χ2n) is 24.8. The van der Waals surface area contributed by atoms with Gasteiger partial charge in [0.15, 0.2) is 25.2 Å². The Kier molecular flexibility index (Phi) is 17.4. The predicted molar refractivity (Wildman–Crippen MR) is 254 cm³/mol. The van der Waals surface area contributed by atoms with E-state index in [-0.39, 0.29) is 59.2 Å². The largest absolute Gasteiger partial charge is 0.394 e. The Morgan fingerprint density at radius 2 is 1.21 bits per heavy atom. The molecule has 21 nitrogen and oxygen atoms in total. The number of ether oxygens (including phenoxy) is 8. The summed E-state index contributed by atoms with van der Waals surface area (Å²) in [6.45, 7) is 15.7. The summed E-state index contributed by atoms with van der Waals surface area (Å²) in [7, 11) is 0. The minimum absolute atomic E-state index is 0.119. The molecule has 422 valence electrons. The van der Waals surface area contributed by atoms with Crippen LogP contribution < -0.4 is 0 Å². The smallest absolute Gasteiger partial charge is 0.187 e. The van der Waals surface area contributed by atoms with E-state index in [9.17, 15) is 66.4 Å². The number of fused-ring (bicyclic) bond motifs is 5. The van der Waals surface area contributed by atoms with Crippen LogP contribution in [0.25, 0.3) is 0 Å². The molecule has 0 aromatic heterocycles. The first kappa shape index (κ1) is 58.1. The lowest BCUT2D eigenvalue weighted by molar-refractivity contribution is -0.351. The van der Waals surface area contributed by atoms with Gasteiger partial charge in [-0.05, 0) is 124 Å². The summed E-state index contributed by atoms with van der Waals surface area (Å²) in [6.07, 6.45) is -19.4. The van der Waals surface area contributed by atoms with Crippen molar-refractivity contribution in [3.63, 3.8) is 0 Å². The average molecular weight is 1050 g/mol. The van der Waals surface area contributed by atoms with Gasteiger partial charge in [0, 0.05) is 0 Å². The summed E-state index contributed by atoms with van der Waals surface area (Å²) >= 11 is 0. The second-order valence-corrected chi connectivity index (χ2v) is 24.8. The SMILES string of the molecule is CC(C)=CCCC(C)(OC1OC(COC2OCC(OC3OCC(O)C(O)C3O)C(O)C2O)C(O)C(O)C1O)C1CCC2(C)C1C(O)CC1C3(C)CCC(OC4OC(CO)C(O)C(O)C4O)C(C)(C)C3CCC12C. The van der Waals surface area contributed by atoms with Crippen LogP contribution in [0.2, 0.25) is 0 Å². The van der Waals surface area contributed by atoms with Crippen LogP contribution in [0, 0.1) is 45.3 Å². The average Bonchev–Trinajstić information content (AvgIpc) is 3.72. The summed E-state index contributed by atoms with van der Waals surface area (Å²) in [5.41, 5.74) is -1.15. The van der Waals surface area contributed by atoms with Crippen LogP contribution in [0.1, 0.15) is 113 Å². The van der Waals surface area contributed by atoms with Crippen LogP contribution in [0.4, 0.5) is 0 Å². The van der Waals surface area contributed by atoms with E-state index in [2.05, 4.69) is 40.7 Å². The van der Waals surface area contributed by atoms with E-state index >= 15 is 0 Å². The van der Waals surface area contributed by atoms with Crippen LogP contribution in [0.3, 0.4) is 0 Å². The number of aliphatic hydroxyl groups is 13. The zero-order chi connectivity index (χ0) is 53.5. The van der Waals surface area contributed by atoms with Crippen LogP contribution in [-0.2, 0) is 37.9 Å². The molecule has 8 aliphatic rings. The molecule has 0 aromatic carbocycles. The van der Waals surface area contributed by atoms with Crippen molar-refractivity contribution in [3.8, 4) is 0 Å². The first-order valence-electron chi connectivity index (χ1n) is 26.7. The minimum Gasteiger partial charge on any atom is -0.394 e. The van der Waals surface area contributed by atoms with Gasteiger partial charge in [-0.1, -0.05) is 46.3 Å². The van der Waals surface area contributed by atoms with Crippen molar-refractivity contribution in [2.45, 2.75) is 242 Å². The summed E-state index contributed by atoms with van der Waals surface area (Å²) in [4.78, 5) is 0. The molecule has 4 aliphatic heterocycles. The minimum atomic E-state index is -1.74. The zero-order valence-electron chi connectivity index (χ0n) is 43.7. The lowest BCUT2D eigenvalue weighted by Gasteiger charge is -2.71. The van der Waals surface area contributed by atoms with Gasteiger partial charge in [0.2, 0.25) is 0 Å². The highest BCUT2D eigenvalue weighted by Gasteiger charge is 2.72. The number of rotatable bonds is 14. The Balaban J connectivity index is 0.965. The van der Waals surface area contributed by atoms with Crippen molar-refractivity contribution in [1.29, 1.82) is 0 Å². The maximum absolute atomic E-state index is 12.7. The van der Waals surface area contributed by atoms with Crippen LogP contribution in [0.15, 0.2) is 11.6 Å². The molecule has 0 amide bonds. The first-order valence-corrected chi connectivity index (χ1v) is 26.7. The number of allylic oxidation sites excluding steroid dienone is 2. The predicted octanol–water partition coefficient (Wildman–Crippen LogP) is -0.924. The summed E-state index contributed by atoms with van der Waals surface area (Å²) in [6, 6.07) is 0. The van der Waals surface area contributed by atoms with Gasteiger partial charge in [-0.3, -0.25) is 0 Å². The van der Waals surface area contributed by atoms with Gasteiger partial charge in [0.1, 0.15) is 85.5 Å². The Bertz CT molecular complexity index is 1890. The van der Waals surface area contributed by atoms with E-state index in [1.807, 2.05) is 20.8 Å². The van der Waals surface area contributed by atoms with E-state index in [0.29, 0.717) is 32.1 Å². The highest BCUT2D eigenvalue weighted by molar-refractivity contribution is 5.20. The van der Waals surface area contributed by atoms with E-state index in [1.54, 1.807) is 0 Å². The standard InChI is InChI=1S/C52H88O21/c1-23(2)10-9-14-52(8,73-47-43(65)39(61)36(58)28(71-47)21-67-44-41(63)37(59)29(22-68-44)70-45-40(62)34(56)26(55)20-66-45)24-11-16-51(7)33(24)25(54)18-31-49(5)15-13-32(48(3,4)30(49)12-17-50(31,51)6)72-46-42(64)38(60)35(57)27(19-53)69-46/h10,24-47,53-65H,9,11-22H2,1-8H3. The molecule has 4 heterocycles. The van der Waals surface area contributed by atoms with Gasteiger partial charge in [0.25, 0.3) is 0 Å². The molecule has 4 saturated carbocycles. The summed E-state index contributed by atoms with van der Waals surface area (Å²) in [5, 5.41) is 141. The second kappa shape index (κ2) is 21.9. The van der Waals surface area contributed by atoms with Crippen molar-refractivity contribution in [2.24, 2.45) is 45.3 Å². The molecule has 8 rings (SSSR count). The molecule has 4 aliphatic carbocycles. The maximum Gasteiger partial charge on any atom is 0.187 e. The fourth-order valence-electron chi connectivity index (χ4n) is 15.7. The van der Waals surface area contributed by atoms with Crippen molar-refractivity contribution in [3.05, 3.63) is 11.6 Å². The number of hydrogen-bond acceptors (Lipinski definition) is 21. The van der Waals surface area contributed by atoms with Gasteiger partial charge >= 0.3 is 0 Å². The highest BCUT2D eigenvalue weighted by atomic mass is 16.7.